The number of rotatable bonds is 3. The smallest absolute Gasteiger partial charge is 0.230 e. The fourth-order valence-electron chi connectivity index (χ4n) is 3.07. The zero-order chi connectivity index (χ0) is 12.3. The summed E-state index contributed by atoms with van der Waals surface area (Å²) in [6.45, 7) is 7.90. The molecule has 4 heteroatoms. The van der Waals surface area contributed by atoms with Crippen molar-refractivity contribution in [3.8, 4) is 0 Å². The van der Waals surface area contributed by atoms with E-state index < -0.39 is 0 Å². The molecule has 2 aliphatic heterocycles. The molecule has 0 radical (unpaired) electrons. The Morgan fingerprint density at radius 3 is 2.53 bits per heavy atom. The number of nitrogens with one attached hydrogen (secondary N) is 1. The van der Waals surface area contributed by atoms with Crippen LogP contribution in [0.25, 0.3) is 0 Å². The molecule has 1 amide bonds. The van der Waals surface area contributed by atoms with Crippen LogP contribution in [0, 0.1) is 5.41 Å². The minimum absolute atomic E-state index is 0.0926. The Morgan fingerprint density at radius 1 is 1.29 bits per heavy atom. The lowest BCUT2D eigenvalue weighted by molar-refractivity contribution is -0.143. The standard InChI is InChI=1S/C13H25N3O/c1-3-4-13(5-6-14-11-13)12(17)16-9-7-15(2)8-10-16/h14H,3-11H2,1-2H3. The molecule has 1 N–H and O–H groups in total. The van der Waals surface area contributed by atoms with E-state index in [4.69, 9.17) is 0 Å². The predicted octanol–water partition coefficient (Wildman–Crippen LogP) is 0.540. The molecule has 2 aliphatic rings. The van der Waals surface area contributed by atoms with E-state index in [0.717, 1.165) is 58.5 Å². The Balaban J connectivity index is 2.01. The van der Waals surface area contributed by atoms with Gasteiger partial charge in [-0.05, 0) is 26.4 Å². The molecule has 0 aromatic heterocycles. The molecule has 0 bridgehead atoms. The second-order valence-electron chi connectivity index (χ2n) is 5.55. The lowest BCUT2D eigenvalue weighted by atomic mass is 9.81. The molecular formula is C13H25N3O. The molecule has 2 saturated heterocycles. The first-order valence-electron chi connectivity index (χ1n) is 6.86. The number of carbonyl (C=O) groups excluding carboxylic acids is 1. The summed E-state index contributed by atoms with van der Waals surface area (Å²) in [5.41, 5.74) is -0.0926. The number of hydrogen-bond acceptors (Lipinski definition) is 3. The van der Waals surface area contributed by atoms with Crippen molar-refractivity contribution in [2.45, 2.75) is 26.2 Å². The van der Waals surface area contributed by atoms with Crippen molar-refractivity contribution >= 4 is 5.91 Å². The van der Waals surface area contributed by atoms with Crippen molar-refractivity contribution in [2.75, 3.05) is 46.3 Å². The first-order valence-corrected chi connectivity index (χ1v) is 6.86. The summed E-state index contributed by atoms with van der Waals surface area (Å²) in [6, 6.07) is 0. The third-order valence-electron chi connectivity index (χ3n) is 4.22. The topological polar surface area (TPSA) is 35.6 Å². The van der Waals surface area contributed by atoms with Gasteiger partial charge in [-0.1, -0.05) is 13.3 Å². The fraction of sp³-hybridized carbons (Fsp3) is 0.923. The van der Waals surface area contributed by atoms with E-state index in [1.807, 2.05) is 0 Å². The zero-order valence-corrected chi connectivity index (χ0v) is 11.2. The molecular weight excluding hydrogens is 214 g/mol. The molecule has 1 atom stereocenters. The van der Waals surface area contributed by atoms with Crippen LogP contribution in [-0.4, -0.2) is 62.0 Å². The molecule has 0 aromatic carbocycles. The van der Waals surface area contributed by atoms with E-state index in [-0.39, 0.29) is 5.41 Å². The minimum Gasteiger partial charge on any atom is -0.340 e. The number of hydrogen-bond donors (Lipinski definition) is 1. The van der Waals surface area contributed by atoms with Crippen molar-refractivity contribution in [2.24, 2.45) is 5.41 Å². The summed E-state index contributed by atoms with van der Waals surface area (Å²) < 4.78 is 0. The Bertz CT molecular complexity index is 266. The van der Waals surface area contributed by atoms with Crippen LogP contribution in [0.15, 0.2) is 0 Å². The van der Waals surface area contributed by atoms with Crippen LogP contribution >= 0.6 is 0 Å². The van der Waals surface area contributed by atoms with Crippen LogP contribution in [0.1, 0.15) is 26.2 Å². The van der Waals surface area contributed by atoms with Gasteiger partial charge in [0.1, 0.15) is 0 Å². The van der Waals surface area contributed by atoms with Crippen LogP contribution in [0.2, 0.25) is 0 Å². The maximum atomic E-state index is 12.7. The highest BCUT2D eigenvalue weighted by molar-refractivity contribution is 5.83. The first-order chi connectivity index (χ1) is 8.18. The summed E-state index contributed by atoms with van der Waals surface area (Å²) in [6.07, 6.45) is 3.15. The third kappa shape index (κ3) is 2.63. The number of carbonyl (C=O) groups is 1. The van der Waals surface area contributed by atoms with Crippen LogP contribution in [0.4, 0.5) is 0 Å². The molecule has 4 nitrogen and oxygen atoms in total. The van der Waals surface area contributed by atoms with Crippen molar-refractivity contribution in [1.29, 1.82) is 0 Å². The van der Waals surface area contributed by atoms with Gasteiger partial charge >= 0.3 is 0 Å². The predicted molar refractivity (Wildman–Crippen MR) is 68.9 cm³/mol. The van der Waals surface area contributed by atoms with Gasteiger partial charge in [-0.15, -0.1) is 0 Å². The van der Waals surface area contributed by atoms with Gasteiger partial charge < -0.3 is 15.1 Å². The van der Waals surface area contributed by atoms with Gasteiger partial charge in [-0.2, -0.15) is 0 Å². The van der Waals surface area contributed by atoms with Crippen molar-refractivity contribution < 1.29 is 4.79 Å². The quantitative estimate of drug-likeness (QED) is 0.781. The second-order valence-corrected chi connectivity index (χ2v) is 5.55. The van der Waals surface area contributed by atoms with E-state index in [0.29, 0.717) is 5.91 Å². The molecule has 2 rings (SSSR count). The molecule has 17 heavy (non-hydrogen) atoms. The largest absolute Gasteiger partial charge is 0.340 e. The van der Waals surface area contributed by atoms with Gasteiger partial charge in [0.05, 0.1) is 5.41 Å². The average Bonchev–Trinajstić information content (AvgIpc) is 2.79. The molecule has 0 spiro atoms. The third-order valence-corrected chi connectivity index (χ3v) is 4.22. The molecule has 0 aromatic rings. The lowest BCUT2D eigenvalue weighted by Crippen LogP contribution is -2.53. The molecule has 1 unspecified atom stereocenters. The highest BCUT2D eigenvalue weighted by Gasteiger charge is 2.42. The monoisotopic (exact) mass is 239 g/mol. The molecule has 2 fully saturated rings. The Kier molecular flexibility index (Phi) is 4.05. The number of likely N-dealkylation sites (N-methyl/N-ethyl adjacent to an activating group) is 1. The lowest BCUT2D eigenvalue weighted by Gasteiger charge is -2.38. The van der Waals surface area contributed by atoms with Gasteiger partial charge in [0.25, 0.3) is 0 Å². The van der Waals surface area contributed by atoms with Crippen molar-refractivity contribution in [3.63, 3.8) is 0 Å². The Hall–Kier alpha value is -0.610. The van der Waals surface area contributed by atoms with E-state index in [9.17, 15) is 4.79 Å². The summed E-state index contributed by atoms with van der Waals surface area (Å²) in [5, 5.41) is 3.37. The van der Waals surface area contributed by atoms with E-state index in [1.54, 1.807) is 0 Å². The maximum Gasteiger partial charge on any atom is 0.230 e. The van der Waals surface area contributed by atoms with Gasteiger partial charge in [0.2, 0.25) is 5.91 Å². The SMILES string of the molecule is CCCC1(C(=O)N2CCN(C)CC2)CCNC1. The van der Waals surface area contributed by atoms with Crippen molar-refractivity contribution in [1.82, 2.24) is 15.1 Å². The highest BCUT2D eigenvalue weighted by atomic mass is 16.2. The number of amides is 1. The Labute approximate surface area is 104 Å². The first kappa shape index (κ1) is 12.8. The molecule has 0 saturated carbocycles. The number of nitrogens with zero attached hydrogens (tertiary/aromatic N) is 2. The summed E-state index contributed by atoms with van der Waals surface area (Å²) >= 11 is 0. The van der Waals surface area contributed by atoms with E-state index in [2.05, 4.69) is 29.1 Å². The zero-order valence-electron chi connectivity index (χ0n) is 11.2. The Morgan fingerprint density at radius 2 is 2.00 bits per heavy atom. The van der Waals surface area contributed by atoms with Crippen molar-refractivity contribution in [3.05, 3.63) is 0 Å². The van der Waals surface area contributed by atoms with Crippen LogP contribution in [-0.2, 0) is 4.79 Å². The van der Waals surface area contributed by atoms with Crippen LogP contribution in [0.5, 0.6) is 0 Å². The molecule has 0 aliphatic carbocycles. The van der Waals surface area contributed by atoms with Crippen LogP contribution < -0.4 is 5.32 Å². The summed E-state index contributed by atoms with van der Waals surface area (Å²) in [5.74, 6) is 0.400. The van der Waals surface area contributed by atoms with E-state index >= 15 is 0 Å². The van der Waals surface area contributed by atoms with Gasteiger partial charge in [0, 0.05) is 32.7 Å². The van der Waals surface area contributed by atoms with Gasteiger partial charge in [0.15, 0.2) is 0 Å². The van der Waals surface area contributed by atoms with E-state index in [1.165, 1.54) is 0 Å². The summed E-state index contributed by atoms with van der Waals surface area (Å²) in [7, 11) is 2.13. The highest BCUT2D eigenvalue weighted by Crippen LogP contribution is 2.33. The normalized spacial score (nSPS) is 30.8. The van der Waals surface area contributed by atoms with Gasteiger partial charge in [-0.3, -0.25) is 4.79 Å². The summed E-state index contributed by atoms with van der Waals surface area (Å²) in [4.78, 5) is 17.1. The maximum absolute atomic E-state index is 12.7. The second kappa shape index (κ2) is 5.36. The molecule has 98 valence electrons. The van der Waals surface area contributed by atoms with Gasteiger partial charge in [-0.25, -0.2) is 0 Å². The average molecular weight is 239 g/mol. The number of piperazine rings is 1. The minimum atomic E-state index is -0.0926. The fourth-order valence-corrected chi connectivity index (χ4v) is 3.07. The molecule has 2 heterocycles. The van der Waals surface area contributed by atoms with Crippen LogP contribution in [0.3, 0.4) is 0 Å².